The molecule has 0 radical (unpaired) electrons. The van der Waals surface area contributed by atoms with Gasteiger partial charge in [0.2, 0.25) is 27.7 Å². The Hall–Kier alpha value is -1.51. The lowest BCUT2D eigenvalue weighted by Gasteiger charge is -1.92. The van der Waals surface area contributed by atoms with E-state index in [4.69, 9.17) is 37.6 Å². The quantitative estimate of drug-likeness (QED) is 0.845. The van der Waals surface area contributed by atoms with Gasteiger partial charge in [0.15, 0.2) is 2.82 Å². The van der Waals surface area contributed by atoms with Crippen molar-refractivity contribution in [3.05, 3.63) is 21.7 Å². The highest BCUT2D eigenvalue weighted by Crippen LogP contribution is 2.06. The van der Waals surface area contributed by atoms with Crippen molar-refractivity contribution in [3.8, 4) is 0 Å². The highest BCUT2D eigenvalue weighted by Gasteiger charge is 1.96. The number of nitrogen functional groups attached to an aromatic ring is 2. The Balaban J connectivity index is 0.000000200. The second-order valence-corrected chi connectivity index (χ2v) is 3.69. The third kappa shape index (κ3) is 5.21. The van der Waals surface area contributed by atoms with Crippen molar-refractivity contribution in [2.45, 2.75) is 6.92 Å². The number of halogens is 3. The van der Waals surface area contributed by atoms with E-state index in [2.05, 4.69) is 29.9 Å². The topological polar surface area (TPSA) is 129 Å². The van der Waals surface area contributed by atoms with E-state index in [1.165, 1.54) is 0 Å². The average Bonchev–Trinajstić information content (AvgIpc) is 2.37. The summed E-state index contributed by atoms with van der Waals surface area (Å²) < 4.78 is 13.3. The van der Waals surface area contributed by atoms with E-state index in [0.717, 1.165) is 0 Å². The molecule has 18 heavy (non-hydrogen) atoms. The summed E-state index contributed by atoms with van der Waals surface area (Å²) >= 11 is 16.2. The lowest BCUT2D eigenvalue weighted by Crippen LogP contribution is -1.98. The van der Waals surface area contributed by atoms with Crippen LogP contribution in [0.25, 0.3) is 0 Å². The molecule has 0 aliphatic heterocycles. The number of nitrogens with two attached hydrogens (primary N) is 2. The number of aryl methyl sites for hydroxylation is 1. The molecule has 0 atom stereocenters. The standard InChI is InChI=1S/C4H5ClN4.C3H2Cl2N4/c1-2-7-3(5)9-4(6)8-2;4-1-7-2(5)9-3(6)8-1/h1H3,(H2,6,7,8,9);(H2,6,7,8,9)/i/hD2. The second-order valence-electron chi connectivity index (χ2n) is 2.67. The van der Waals surface area contributed by atoms with E-state index in [9.17, 15) is 0 Å². The predicted octanol–water partition coefficient (Wildman–Crippen LogP) is 1.18. The number of nitrogens with zero attached hydrogens (tertiary/aromatic N) is 6. The number of hydrogen-bond acceptors (Lipinski definition) is 8. The van der Waals surface area contributed by atoms with Crippen LogP contribution < -0.4 is 11.5 Å². The summed E-state index contributed by atoms with van der Waals surface area (Å²) in [4.78, 5) is 21.5. The minimum Gasteiger partial charge on any atom is -0.368 e. The van der Waals surface area contributed by atoms with Crippen molar-refractivity contribution in [1.82, 2.24) is 29.9 Å². The van der Waals surface area contributed by atoms with Crippen LogP contribution in [-0.2, 0) is 0 Å². The molecular weight excluding hydrogens is 302 g/mol. The first-order valence-electron chi connectivity index (χ1n) is 5.25. The maximum Gasteiger partial charge on any atom is 0.228 e. The smallest absolute Gasteiger partial charge is 0.228 e. The van der Waals surface area contributed by atoms with Gasteiger partial charge in [0.05, 0.1) is 0 Å². The molecule has 0 aliphatic rings. The molecule has 0 bridgehead atoms. The summed E-state index contributed by atoms with van der Waals surface area (Å²) in [6.07, 6.45) is 0. The summed E-state index contributed by atoms with van der Waals surface area (Å²) in [7, 11) is 0. The SMILES string of the molecule is [2H]Nc1nc(C)nc(Cl)n1.[2H]Nc1nc(Cl)nc(Cl)n1. The fraction of sp³-hybridized carbons (Fsp3) is 0.143. The molecule has 96 valence electrons. The van der Waals surface area contributed by atoms with Crippen molar-refractivity contribution in [3.63, 3.8) is 0 Å². The van der Waals surface area contributed by atoms with Gasteiger partial charge in [0.1, 0.15) is 5.82 Å². The fourth-order valence-electron chi connectivity index (χ4n) is 0.775. The molecule has 0 aliphatic carbocycles. The Morgan fingerprint density at radius 2 is 1.22 bits per heavy atom. The van der Waals surface area contributed by atoms with Gasteiger partial charge in [-0.15, -0.1) is 0 Å². The Bertz CT molecular complexity index is 494. The Morgan fingerprint density at radius 1 is 0.778 bits per heavy atom. The molecule has 2 heterocycles. The van der Waals surface area contributed by atoms with Crippen LogP contribution in [-0.4, -0.2) is 29.9 Å². The molecule has 0 amide bonds. The van der Waals surface area contributed by atoms with Gasteiger partial charge in [0, 0.05) is 0 Å². The number of rotatable bonds is 2. The average molecular weight is 312 g/mol. The zero-order chi connectivity index (χ0) is 15.1. The van der Waals surface area contributed by atoms with Gasteiger partial charge >= 0.3 is 0 Å². The molecule has 2 aromatic heterocycles. The van der Waals surface area contributed by atoms with Crippen molar-refractivity contribution in [2.24, 2.45) is 0 Å². The third-order valence-electron chi connectivity index (χ3n) is 1.30. The maximum atomic E-state index is 6.68. The Morgan fingerprint density at radius 3 is 1.67 bits per heavy atom. The van der Waals surface area contributed by atoms with Crippen LogP contribution in [0.4, 0.5) is 11.9 Å². The monoisotopic (exact) mass is 310 g/mol. The van der Waals surface area contributed by atoms with Crippen LogP contribution in [0.2, 0.25) is 18.7 Å². The van der Waals surface area contributed by atoms with E-state index < -0.39 is 0 Å². The summed E-state index contributed by atoms with van der Waals surface area (Å²) in [6, 6.07) is 0. The molecule has 0 saturated carbocycles. The predicted molar refractivity (Wildman–Crippen MR) is 68.2 cm³/mol. The van der Waals surface area contributed by atoms with Crippen LogP contribution in [0.5, 0.6) is 0 Å². The van der Waals surface area contributed by atoms with Gasteiger partial charge in [-0.3, -0.25) is 0 Å². The largest absolute Gasteiger partial charge is 0.368 e. The Labute approximate surface area is 120 Å². The minimum atomic E-state index is -0.0326. The molecule has 0 saturated heterocycles. The van der Waals surface area contributed by atoms with Crippen molar-refractivity contribution in [2.75, 3.05) is 11.5 Å². The van der Waals surface area contributed by atoms with Crippen molar-refractivity contribution in [1.29, 1.82) is 0 Å². The molecule has 0 fully saturated rings. The summed E-state index contributed by atoms with van der Waals surface area (Å²) in [5, 5.41) is 0.0340. The fourth-order valence-corrected chi connectivity index (χ4v) is 1.34. The maximum absolute atomic E-state index is 6.68. The molecule has 0 unspecified atom stereocenters. The first kappa shape index (κ1) is 11.6. The lowest BCUT2D eigenvalue weighted by atomic mass is 10.7. The van der Waals surface area contributed by atoms with Gasteiger partial charge in [-0.1, -0.05) is 0 Å². The van der Waals surface area contributed by atoms with E-state index in [1.807, 2.05) is 11.5 Å². The molecule has 8 nitrogen and oxygen atoms in total. The summed E-state index contributed by atoms with van der Waals surface area (Å²) in [5.41, 5.74) is 3.94. The van der Waals surface area contributed by atoms with E-state index in [1.54, 1.807) is 6.92 Å². The van der Waals surface area contributed by atoms with Crippen LogP contribution >= 0.6 is 34.8 Å². The summed E-state index contributed by atoms with van der Waals surface area (Å²) in [5.74, 6) is 0.692. The third-order valence-corrected chi connectivity index (χ3v) is 1.81. The van der Waals surface area contributed by atoms with E-state index in [0.29, 0.717) is 5.82 Å². The van der Waals surface area contributed by atoms with Crippen molar-refractivity contribution < 1.29 is 2.82 Å². The van der Waals surface area contributed by atoms with Crippen LogP contribution in [0.3, 0.4) is 0 Å². The van der Waals surface area contributed by atoms with Crippen LogP contribution in [0, 0.1) is 6.92 Å². The van der Waals surface area contributed by atoms with Gasteiger partial charge in [-0.05, 0) is 41.7 Å². The first-order valence-corrected chi connectivity index (χ1v) is 5.38. The van der Waals surface area contributed by atoms with Crippen molar-refractivity contribution >= 4 is 46.7 Å². The highest BCUT2D eigenvalue weighted by atomic mass is 35.5. The molecule has 0 spiro atoms. The van der Waals surface area contributed by atoms with Crippen LogP contribution in [0.15, 0.2) is 0 Å². The zero-order valence-corrected chi connectivity index (χ0v) is 11.1. The van der Waals surface area contributed by atoms with Gasteiger partial charge in [0.25, 0.3) is 0 Å². The van der Waals surface area contributed by atoms with Gasteiger partial charge < -0.3 is 11.5 Å². The minimum absolute atomic E-state index is 0.0324. The number of anilines is 2. The molecule has 4 N–H and O–H groups in total. The molecule has 2 rings (SSSR count). The molecular formula is C7H7Cl3N8. The van der Waals surface area contributed by atoms with E-state index >= 15 is 0 Å². The summed E-state index contributed by atoms with van der Waals surface area (Å²) in [6.45, 7) is 1.68. The second kappa shape index (κ2) is 6.43. The normalized spacial score (nSPS) is 10.7. The molecule has 0 aromatic carbocycles. The molecule has 11 heteroatoms. The van der Waals surface area contributed by atoms with Gasteiger partial charge in [-0.2, -0.15) is 24.9 Å². The number of aromatic nitrogens is 6. The Kier molecular flexibility index (Phi) is 4.13. The lowest BCUT2D eigenvalue weighted by molar-refractivity contribution is 0.989. The highest BCUT2D eigenvalue weighted by molar-refractivity contribution is 6.31. The number of hydrogen-bond donors (Lipinski definition) is 2. The van der Waals surface area contributed by atoms with Gasteiger partial charge in [-0.25, -0.2) is 4.98 Å². The van der Waals surface area contributed by atoms with E-state index in [-0.39, 0.29) is 27.7 Å². The zero-order valence-electron chi connectivity index (χ0n) is 10.8. The first-order chi connectivity index (χ1) is 9.44. The van der Waals surface area contributed by atoms with Crippen LogP contribution in [0.1, 0.15) is 5.82 Å². The molecule has 2 aromatic rings.